The Bertz CT molecular complexity index is 1190. The van der Waals surface area contributed by atoms with E-state index in [4.69, 9.17) is 0 Å². The topological polar surface area (TPSA) is 101 Å². The van der Waals surface area contributed by atoms with Crippen molar-refractivity contribution in [3.8, 4) is 0 Å². The van der Waals surface area contributed by atoms with E-state index >= 15 is 0 Å². The van der Waals surface area contributed by atoms with Crippen LogP contribution in [0.1, 0.15) is 31.0 Å². The summed E-state index contributed by atoms with van der Waals surface area (Å²) in [5.41, 5.74) is -0.784. The van der Waals surface area contributed by atoms with E-state index in [0.29, 0.717) is 15.9 Å². The summed E-state index contributed by atoms with van der Waals surface area (Å²) in [7, 11) is -7.50. The Morgan fingerprint density at radius 3 is 2.00 bits per heavy atom. The van der Waals surface area contributed by atoms with Crippen molar-refractivity contribution in [2.24, 2.45) is 0 Å². The molecule has 0 saturated heterocycles. The molecule has 0 heterocycles. The highest BCUT2D eigenvalue weighted by molar-refractivity contribution is 7.92. The molecule has 2 aromatic rings. The molecule has 7 nitrogen and oxygen atoms in total. The van der Waals surface area contributed by atoms with Gasteiger partial charge in [-0.3, -0.25) is 9.10 Å². The Balaban J connectivity index is 2.29. The highest BCUT2D eigenvalue weighted by atomic mass is 32.2. The van der Waals surface area contributed by atoms with E-state index in [0.717, 1.165) is 24.6 Å². The number of nitrogens with one attached hydrogen (secondary N) is 1. The number of hydrogen-bond donors (Lipinski definition) is 1. The van der Waals surface area contributed by atoms with E-state index in [2.05, 4.69) is 5.32 Å². The average Bonchev–Trinajstić information content (AvgIpc) is 2.66. The van der Waals surface area contributed by atoms with Crippen LogP contribution in [0.2, 0.25) is 0 Å². The van der Waals surface area contributed by atoms with Gasteiger partial charge in [0, 0.05) is 6.26 Å². The number of anilines is 1. The van der Waals surface area contributed by atoms with Crippen molar-refractivity contribution in [3.63, 3.8) is 0 Å². The van der Waals surface area contributed by atoms with Crippen LogP contribution in [0.25, 0.3) is 0 Å². The van der Waals surface area contributed by atoms with Crippen LogP contribution >= 0.6 is 0 Å². The van der Waals surface area contributed by atoms with Gasteiger partial charge in [-0.1, -0.05) is 18.2 Å². The fraction of sp³-hybridized carbons (Fsp3) is 0.350. The summed E-state index contributed by atoms with van der Waals surface area (Å²) in [4.78, 5) is 12.9. The van der Waals surface area contributed by atoms with Crippen LogP contribution < -0.4 is 9.62 Å². The molecule has 1 amide bonds. The van der Waals surface area contributed by atoms with Crippen LogP contribution in [-0.4, -0.2) is 41.3 Å². The highest BCUT2D eigenvalue weighted by Crippen LogP contribution is 2.33. The summed E-state index contributed by atoms with van der Waals surface area (Å²) >= 11 is 0. The smallest absolute Gasteiger partial charge is 0.348 e. The minimum absolute atomic E-state index is 0.0981. The summed E-state index contributed by atoms with van der Waals surface area (Å²) in [6, 6.07) is 7.49. The molecule has 0 fully saturated rings. The van der Waals surface area contributed by atoms with Crippen molar-refractivity contribution in [1.82, 2.24) is 5.32 Å². The van der Waals surface area contributed by atoms with Crippen molar-refractivity contribution in [2.45, 2.75) is 37.0 Å². The predicted molar refractivity (Wildman–Crippen MR) is 114 cm³/mol. The molecule has 2 atom stereocenters. The van der Waals surface area contributed by atoms with E-state index in [9.17, 15) is 34.8 Å². The number of amides is 1. The first-order valence-electron chi connectivity index (χ1n) is 9.29. The molecule has 0 aliphatic heterocycles. The summed E-state index contributed by atoms with van der Waals surface area (Å²) in [6.45, 7) is 2.87. The monoisotopic (exact) mass is 492 g/mol. The lowest BCUT2D eigenvalue weighted by Crippen LogP contribution is -2.48. The lowest BCUT2D eigenvalue weighted by atomic mass is 10.1. The SMILES string of the molecule is C[C@H](NC(=O)[C@H](C)N(c1cccc(C(F)(F)F)c1)S(C)(=O)=O)c1ccc(S(C)(=O)=O)cc1. The molecule has 0 unspecified atom stereocenters. The van der Waals surface area contributed by atoms with Gasteiger partial charge in [0.1, 0.15) is 6.04 Å². The molecule has 2 rings (SSSR count). The number of alkyl halides is 3. The second kappa shape index (κ2) is 9.10. The molecular formula is C20H23F3N2O5S2. The summed E-state index contributed by atoms with van der Waals surface area (Å²) in [5, 5.41) is 2.60. The molecule has 0 saturated carbocycles. The number of rotatable bonds is 7. The van der Waals surface area contributed by atoms with Gasteiger partial charge in [-0.05, 0) is 49.7 Å². The lowest BCUT2D eigenvalue weighted by Gasteiger charge is -2.29. The summed E-state index contributed by atoms with van der Waals surface area (Å²) in [6.07, 6.45) is -2.83. The van der Waals surface area contributed by atoms with Gasteiger partial charge in [-0.2, -0.15) is 13.2 Å². The number of sulfonamides is 1. The van der Waals surface area contributed by atoms with Crippen molar-refractivity contribution in [2.75, 3.05) is 16.8 Å². The van der Waals surface area contributed by atoms with Crippen LogP contribution in [-0.2, 0) is 30.8 Å². The van der Waals surface area contributed by atoms with Crippen LogP contribution in [0.5, 0.6) is 0 Å². The largest absolute Gasteiger partial charge is 0.416 e. The molecule has 0 radical (unpaired) electrons. The van der Waals surface area contributed by atoms with Crippen LogP contribution in [0.15, 0.2) is 53.4 Å². The van der Waals surface area contributed by atoms with E-state index < -0.39 is 49.6 Å². The summed E-state index contributed by atoms with van der Waals surface area (Å²) in [5.74, 6) is -0.743. The fourth-order valence-electron chi connectivity index (χ4n) is 3.05. The Morgan fingerprint density at radius 2 is 1.53 bits per heavy atom. The van der Waals surface area contributed by atoms with Crippen molar-refractivity contribution in [1.29, 1.82) is 0 Å². The Morgan fingerprint density at radius 1 is 0.969 bits per heavy atom. The van der Waals surface area contributed by atoms with E-state index in [-0.39, 0.29) is 10.6 Å². The van der Waals surface area contributed by atoms with Crippen LogP contribution in [0.3, 0.4) is 0 Å². The van der Waals surface area contributed by atoms with Gasteiger partial charge in [0.15, 0.2) is 9.84 Å². The van der Waals surface area contributed by atoms with E-state index in [1.165, 1.54) is 37.3 Å². The standard InChI is InChI=1S/C20H23F3N2O5S2/c1-13(15-8-10-18(11-9-15)31(3,27)28)24-19(26)14(2)25(32(4,29)30)17-7-5-6-16(12-17)20(21,22)23/h5-14H,1-4H3,(H,24,26)/t13-,14-/m0/s1. The van der Waals surface area contributed by atoms with Crippen LogP contribution in [0, 0.1) is 0 Å². The van der Waals surface area contributed by atoms with Crippen LogP contribution in [0.4, 0.5) is 18.9 Å². The first-order chi connectivity index (χ1) is 14.5. The Hall–Kier alpha value is -2.60. The quantitative estimate of drug-likeness (QED) is 0.640. The van der Waals surface area contributed by atoms with Gasteiger partial charge in [0.2, 0.25) is 15.9 Å². The number of carbonyl (C=O) groups excluding carboxylic acids is 1. The van der Waals surface area contributed by atoms with Gasteiger partial charge < -0.3 is 5.32 Å². The maximum Gasteiger partial charge on any atom is 0.416 e. The molecule has 0 aromatic heterocycles. The lowest BCUT2D eigenvalue weighted by molar-refractivity contribution is -0.137. The van der Waals surface area contributed by atoms with E-state index in [1.807, 2.05) is 0 Å². The fourth-order valence-corrected chi connectivity index (χ4v) is 4.85. The minimum atomic E-state index is -4.68. The third-order valence-electron chi connectivity index (χ3n) is 4.68. The van der Waals surface area contributed by atoms with Gasteiger partial charge >= 0.3 is 6.18 Å². The third-order valence-corrected chi connectivity index (χ3v) is 7.05. The maximum atomic E-state index is 13.1. The molecule has 12 heteroatoms. The average molecular weight is 493 g/mol. The molecular weight excluding hydrogens is 469 g/mol. The number of benzene rings is 2. The minimum Gasteiger partial charge on any atom is -0.348 e. The van der Waals surface area contributed by atoms with Crippen molar-refractivity contribution in [3.05, 3.63) is 59.7 Å². The first-order valence-corrected chi connectivity index (χ1v) is 13.0. The number of sulfone groups is 1. The Labute approximate surface area is 185 Å². The second-order valence-corrected chi connectivity index (χ2v) is 11.2. The number of hydrogen-bond acceptors (Lipinski definition) is 5. The number of halogens is 3. The molecule has 1 N–H and O–H groups in total. The van der Waals surface area contributed by atoms with Gasteiger partial charge in [-0.25, -0.2) is 16.8 Å². The van der Waals surface area contributed by atoms with Gasteiger partial charge in [0.25, 0.3) is 0 Å². The molecule has 2 aromatic carbocycles. The highest BCUT2D eigenvalue weighted by Gasteiger charge is 2.34. The van der Waals surface area contributed by atoms with Crippen molar-refractivity contribution >= 4 is 31.5 Å². The third kappa shape index (κ3) is 6.22. The molecule has 0 bridgehead atoms. The van der Waals surface area contributed by atoms with E-state index in [1.54, 1.807) is 6.92 Å². The predicted octanol–water partition coefficient (Wildman–Crippen LogP) is 3.14. The Kier molecular flexibility index (Phi) is 7.30. The molecule has 0 aliphatic rings. The molecule has 0 aliphatic carbocycles. The van der Waals surface area contributed by atoms with Crippen molar-refractivity contribution < 1.29 is 34.8 Å². The molecule has 176 valence electrons. The second-order valence-electron chi connectivity index (χ2n) is 7.35. The first kappa shape index (κ1) is 25.7. The zero-order chi connectivity index (χ0) is 24.5. The van der Waals surface area contributed by atoms with Gasteiger partial charge in [-0.15, -0.1) is 0 Å². The molecule has 32 heavy (non-hydrogen) atoms. The summed E-state index contributed by atoms with van der Waals surface area (Å²) < 4.78 is 87.6. The number of nitrogens with zero attached hydrogens (tertiary/aromatic N) is 1. The normalized spacial score (nSPS) is 14.5. The van der Waals surface area contributed by atoms with Gasteiger partial charge in [0.05, 0.1) is 28.4 Å². The number of carbonyl (C=O) groups is 1. The maximum absolute atomic E-state index is 13.1. The molecule has 0 spiro atoms. The zero-order valence-corrected chi connectivity index (χ0v) is 19.3. The zero-order valence-electron chi connectivity index (χ0n) is 17.7.